The zero-order valence-corrected chi connectivity index (χ0v) is 22.2. The Morgan fingerprint density at radius 2 is 1.61 bits per heavy atom. The van der Waals surface area contributed by atoms with Crippen LogP contribution >= 0.6 is 0 Å². The molecule has 12 radical (unpaired) electrons. The minimum atomic E-state index is -1.94. The van der Waals surface area contributed by atoms with Crippen LogP contribution < -0.4 is 15.2 Å². The first-order valence-electron chi connectivity index (χ1n) is 12.2. The summed E-state index contributed by atoms with van der Waals surface area (Å²) in [6.45, 7) is 7.80. The Kier molecular flexibility index (Phi) is 7.88. The van der Waals surface area contributed by atoms with E-state index in [1.807, 2.05) is 19.9 Å². The molecule has 2 aliphatic heterocycles. The Morgan fingerprint density at radius 3 is 2.11 bits per heavy atom. The minimum absolute atomic E-state index is 0.00366. The fraction of sp³-hybridized carbons (Fsp3) is 0.708. The van der Waals surface area contributed by atoms with Crippen LogP contribution in [0.1, 0.15) is 45.2 Å². The lowest BCUT2D eigenvalue weighted by atomic mass is 9.22. The van der Waals surface area contributed by atoms with Gasteiger partial charge in [0.2, 0.25) is 0 Å². The van der Waals surface area contributed by atoms with Crippen molar-refractivity contribution in [1.82, 2.24) is 4.90 Å². The van der Waals surface area contributed by atoms with Gasteiger partial charge < -0.3 is 24.8 Å². The largest absolute Gasteiger partial charge is 0.493 e. The van der Waals surface area contributed by atoms with E-state index >= 15 is 0 Å². The van der Waals surface area contributed by atoms with Crippen LogP contribution in [0.2, 0.25) is 10.5 Å². The molecule has 180 valence electrons. The van der Waals surface area contributed by atoms with Crippen LogP contribution in [0.5, 0.6) is 11.5 Å². The first-order valence-corrected chi connectivity index (χ1v) is 12.2. The highest BCUT2D eigenvalue weighted by Crippen LogP contribution is 2.66. The van der Waals surface area contributed by atoms with Crippen molar-refractivity contribution in [2.24, 2.45) is 17.6 Å². The van der Waals surface area contributed by atoms with Crippen LogP contribution in [0.15, 0.2) is 12.1 Å². The van der Waals surface area contributed by atoms with E-state index in [0.717, 1.165) is 5.56 Å². The molecule has 0 saturated carbocycles. The molecule has 3 unspecified atom stereocenters. The highest BCUT2D eigenvalue weighted by Gasteiger charge is 2.67. The molecule has 36 heavy (non-hydrogen) atoms. The SMILES string of the molecule is [B]C1([B])C(OC(=O)[C@@H](N)C(C)C)C([B])(CC(C)C)C([B])([B])N2CCc3cc(OC)c(OC)cc3C21[B]. The summed E-state index contributed by atoms with van der Waals surface area (Å²) in [7, 11) is 44.7. The van der Waals surface area contributed by atoms with Crippen molar-refractivity contribution in [2.45, 2.75) is 74.0 Å². The Balaban J connectivity index is 2.29. The molecule has 0 bridgehead atoms. The van der Waals surface area contributed by atoms with Crippen molar-refractivity contribution < 1.29 is 19.0 Å². The van der Waals surface area contributed by atoms with Crippen molar-refractivity contribution in [3.8, 4) is 11.5 Å². The molecule has 1 aromatic carbocycles. The number of esters is 1. The monoisotopic (exact) mass is 478 g/mol. The molecule has 12 heteroatoms. The number of rotatable bonds is 7. The van der Waals surface area contributed by atoms with Crippen molar-refractivity contribution in [3.05, 3.63) is 23.3 Å². The molecule has 2 N–H and O–H groups in total. The van der Waals surface area contributed by atoms with Crippen LogP contribution in [-0.2, 0) is 21.4 Å². The fourth-order valence-corrected chi connectivity index (χ4v) is 5.68. The van der Waals surface area contributed by atoms with Gasteiger partial charge in [0.05, 0.1) is 59.6 Å². The van der Waals surface area contributed by atoms with Crippen LogP contribution in [0.3, 0.4) is 0 Å². The molecule has 0 amide bonds. The maximum atomic E-state index is 13.1. The van der Waals surface area contributed by atoms with E-state index in [9.17, 15) is 4.79 Å². The summed E-state index contributed by atoms with van der Waals surface area (Å²) in [5.74, 6) is 0.0168. The Bertz CT molecular complexity index is 1010. The third-order valence-corrected chi connectivity index (χ3v) is 7.78. The van der Waals surface area contributed by atoms with E-state index in [1.54, 1.807) is 31.9 Å². The number of carbonyl (C=O) groups is 1. The van der Waals surface area contributed by atoms with E-state index in [1.165, 1.54) is 7.11 Å². The topological polar surface area (TPSA) is 74.0 Å². The molecule has 6 nitrogen and oxygen atoms in total. The highest BCUT2D eigenvalue weighted by molar-refractivity contribution is 6.50. The lowest BCUT2D eigenvalue weighted by Gasteiger charge is -2.75. The van der Waals surface area contributed by atoms with E-state index in [0.29, 0.717) is 30.0 Å². The fourth-order valence-electron chi connectivity index (χ4n) is 5.68. The summed E-state index contributed by atoms with van der Waals surface area (Å²) in [6, 6.07) is 2.58. The minimum Gasteiger partial charge on any atom is -0.493 e. The Hall–Kier alpha value is -1.40. The lowest BCUT2D eigenvalue weighted by molar-refractivity contribution is -0.165. The van der Waals surface area contributed by atoms with Gasteiger partial charge >= 0.3 is 5.97 Å². The second-order valence-corrected chi connectivity index (χ2v) is 11.0. The van der Waals surface area contributed by atoms with E-state index in [-0.39, 0.29) is 18.3 Å². The van der Waals surface area contributed by atoms with Crippen molar-refractivity contribution in [2.75, 3.05) is 20.8 Å². The maximum Gasteiger partial charge on any atom is 0.323 e. The molecule has 0 spiro atoms. The van der Waals surface area contributed by atoms with E-state index in [4.69, 9.17) is 67.0 Å². The molecule has 1 fully saturated rings. The van der Waals surface area contributed by atoms with Gasteiger partial charge in [-0.2, -0.15) is 0 Å². The second-order valence-electron chi connectivity index (χ2n) is 11.0. The van der Waals surface area contributed by atoms with Gasteiger partial charge in [-0.15, -0.1) is 0 Å². The average molecular weight is 477 g/mol. The number of hydrogen-bond acceptors (Lipinski definition) is 6. The number of nitrogens with zero attached hydrogens (tertiary/aromatic N) is 1. The number of carbonyl (C=O) groups excluding carboxylic acids is 1. The van der Waals surface area contributed by atoms with Gasteiger partial charge in [-0.05, 0) is 58.7 Å². The first kappa shape index (κ1) is 29.2. The number of nitrogens with two attached hydrogens (primary N) is 1. The van der Waals surface area contributed by atoms with Crippen LogP contribution in [0, 0.1) is 11.8 Å². The third-order valence-electron chi connectivity index (χ3n) is 7.78. The molecule has 3 rings (SSSR count). The van der Waals surface area contributed by atoms with Gasteiger partial charge in [-0.1, -0.05) is 38.2 Å². The van der Waals surface area contributed by atoms with E-state index < -0.39 is 39.4 Å². The van der Waals surface area contributed by atoms with Gasteiger partial charge in [0.25, 0.3) is 0 Å². The third kappa shape index (κ3) is 4.15. The normalized spacial score (nSPS) is 29.8. The lowest BCUT2D eigenvalue weighted by Crippen LogP contribution is -2.80. The summed E-state index contributed by atoms with van der Waals surface area (Å²) in [5.41, 5.74) is 5.75. The zero-order chi connectivity index (χ0) is 27.4. The number of benzene rings is 1. The zero-order valence-electron chi connectivity index (χ0n) is 22.2. The van der Waals surface area contributed by atoms with E-state index in [2.05, 4.69) is 0 Å². The Morgan fingerprint density at radius 1 is 1.06 bits per heavy atom. The molecule has 2 aliphatic rings. The standard InChI is InChI=1S/C24H32B6N2O4/c1-12(2)11-21(25)20(36-19(33)18(31)13(3)4)22(26,27)23(28)15-10-17(35-6)16(34-5)9-14(15)7-8-32(23)24(21,29)30/h9-10,12-13,18,20H,7-8,11,31H2,1-6H3/t18-,20?,21?,23?/m0/s1. The number of hydrogen-bond donors (Lipinski definition) is 1. The smallest absolute Gasteiger partial charge is 0.323 e. The van der Waals surface area contributed by atoms with Crippen LogP contribution in [0.25, 0.3) is 0 Å². The molecular weight excluding hydrogens is 445 g/mol. The summed E-state index contributed by atoms with van der Waals surface area (Å²) < 4.78 is 16.9. The Labute approximate surface area is 224 Å². The summed E-state index contributed by atoms with van der Waals surface area (Å²) in [4.78, 5) is 14.8. The van der Waals surface area contributed by atoms with Gasteiger partial charge in [-0.25, -0.2) is 0 Å². The molecule has 4 atom stereocenters. The second kappa shape index (κ2) is 9.72. The number of methoxy groups -OCH3 is 2. The maximum absolute atomic E-state index is 13.1. The number of ether oxygens (including phenoxy) is 3. The summed E-state index contributed by atoms with van der Waals surface area (Å²) >= 11 is 0. The predicted octanol–water partition coefficient (Wildman–Crippen LogP) is 0.609. The van der Waals surface area contributed by atoms with Crippen molar-refractivity contribution in [3.63, 3.8) is 0 Å². The van der Waals surface area contributed by atoms with Gasteiger partial charge in [0, 0.05) is 6.54 Å². The molecule has 1 aromatic rings. The first-order chi connectivity index (χ1) is 16.5. The predicted molar refractivity (Wildman–Crippen MR) is 146 cm³/mol. The summed E-state index contributed by atoms with van der Waals surface area (Å²) in [6.07, 6.45) is -0.627. The van der Waals surface area contributed by atoms with Gasteiger partial charge in [0.1, 0.15) is 13.9 Å². The quantitative estimate of drug-likeness (QED) is 0.459. The molecule has 1 saturated heterocycles. The molecular formula is C24H32B6N2O4. The summed E-state index contributed by atoms with van der Waals surface area (Å²) in [5, 5.41) is -5.29. The van der Waals surface area contributed by atoms with Crippen molar-refractivity contribution in [1.29, 1.82) is 0 Å². The molecule has 0 aliphatic carbocycles. The van der Waals surface area contributed by atoms with Gasteiger partial charge in [0.15, 0.2) is 11.5 Å². The van der Waals surface area contributed by atoms with Crippen molar-refractivity contribution >= 4 is 53.0 Å². The molecule has 0 aromatic heterocycles. The number of piperidine rings is 1. The van der Waals surface area contributed by atoms with Crippen LogP contribution in [-0.4, -0.2) is 96.2 Å². The average Bonchev–Trinajstić information content (AvgIpc) is 2.79. The van der Waals surface area contributed by atoms with Crippen LogP contribution in [0.4, 0.5) is 0 Å². The van der Waals surface area contributed by atoms with Gasteiger partial charge in [-0.3, -0.25) is 4.79 Å². The number of fused-ring (bicyclic) bond motifs is 3. The molecule has 2 heterocycles. The highest BCUT2D eigenvalue weighted by atomic mass is 16.5.